The van der Waals surface area contributed by atoms with Crippen LogP contribution < -0.4 is 0 Å². The van der Waals surface area contributed by atoms with Crippen LogP contribution in [0.3, 0.4) is 0 Å². The van der Waals surface area contributed by atoms with Gasteiger partial charge in [0, 0.05) is 0 Å². The monoisotopic (exact) mass is 678 g/mol. The molecule has 0 spiro atoms. The van der Waals surface area contributed by atoms with Gasteiger partial charge in [-0.25, -0.2) is 30.4 Å². The Balaban J connectivity index is 0.000000322. The van der Waals surface area contributed by atoms with Gasteiger partial charge in [-0.05, 0) is 69.3 Å². The summed E-state index contributed by atoms with van der Waals surface area (Å²) in [5.41, 5.74) is 4.64. The van der Waals surface area contributed by atoms with E-state index in [2.05, 4.69) is 135 Å². The lowest BCUT2D eigenvalue weighted by atomic mass is 9.87. The minimum absolute atomic E-state index is 0.120. The van der Waals surface area contributed by atoms with Crippen LogP contribution in [0.25, 0.3) is 0 Å². The maximum atomic E-state index is 12.6. The molecular weight excluding hydrogens is 640 g/mol. The molecule has 0 fully saturated rings. The van der Waals surface area contributed by atoms with Gasteiger partial charge < -0.3 is 4.55 Å². The van der Waals surface area contributed by atoms with Gasteiger partial charge in [-0.3, -0.25) is 0 Å². The Hall–Kier alpha value is -3.21. The van der Waals surface area contributed by atoms with Crippen LogP contribution in [0.2, 0.25) is 0 Å². The van der Waals surface area contributed by atoms with Gasteiger partial charge in [-0.1, -0.05) is 98.7 Å². The molecule has 248 valence electrons. The SMILES string of the molecule is CC(C)(C)c1ccc([S+](c2ccc(C(C)(C)C)cc2)c2ccc(C(C)(C)C)cc2)cc1.O=S(=O)([O-])c1c(F)c(F)c(F)c(F)c1F. The first-order valence-electron chi connectivity index (χ1n) is 14.5. The average molecular weight is 679 g/mol. The molecule has 4 rings (SSSR count). The summed E-state index contributed by atoms with van der Waals surface area (Å²) in [7, 11) is -5.89. The molecule has 10 heteroatoms. The predicted molar refractivity (Wildman–Crippen MR) is 172 cm³/mol. The Labute approximate surface area is 272 Å². The highest BCUT2D eigenvalue weighted by Gasteiger charge is 2.31. The molecule has 0 aromatic heterocycles. The fourth-order valence-electron chi connectivity index (χ4n) is 4.49. The van der Waals surface area contributed by atoms with E-state index in [1.807, 2.05) is 0 Å². The summed E-state index contributed by atoms with van der Waals surface area (Å²) in [6.07, 6.45) is 0. The second-order valence-electron chi connectivity index (χ2n) is 14.0. The average Bonchev–Trinajstić information content (AvgIpc) is 2.94. The van der Waals surface area contributed by atoms with Crippen molar-refractivity contribution in [3.05, 3.63) is 119 Å². The summed E-state index contributed by atoms with van der Waals surface area (Å²) >= 11 is 0. The summed E-state index contributed by atoms with van der Waals surface area (Å²) in [5, 5.41) is 0. The van der Waals surface area contributed by atoms with Crippen molar-refractivity contribution in [3.8, 4) is 0 Å². The van der Waals surface area contributed by atoms with Crippen LogP contribution in [-0.2, 0) is 37.3 Å². The summed E-state index contributed by atoms with van der Waals surface area (Å²) < 4.78 is 92.9. The van der Waals surface area contributed by atoms with Gasteiger partial charge in [-0.15, -0.1) is 0 Å². The molecule has 4 aromatic carbocycles. The Bertz CT molecular complexity index is 1620. The summed E-state index contributed by atoms with van der Waals surface area (Å²) in [6.45, 7) is 20.5. The number of hydrogen-bond donors (Lipinski definition) is 0. The summed E-state index contributed by atoms with van der Waals surface area (Å²) in [6, 6.07) is 27.8. The molecule has 0 N–H and O–H groups in total. The maximum absolute atomic E-state index is 12.6. The first-order chi connectivity index (χ1) is 20.9. The van der Waals surface area contributed by atoms with Crippen molar-refractivity contribution >= 4 is 21.0 Å². The zero-order chi connectivity index (χ0) is 35.0. The van der Waals surface area contributed by atoms with Crippen LogP contribution in [0.15, 0.2) is 92.4 Å². The molecule has 0 aliphatic carbocycles. The molecule has 0 saturated carbocycles. The zero-order valence-electron chi connectivity index (χ0n) is 27.4. The van der Waals surface area contributed by atoms with Crippen LogP contribution in [0, 0.1) is 29.1 Å². The van der Waals surface area contributed by atoms with Gasteiger partial charge in [0.15, 0.2) is 38.0 Å². The summed E-state index contributed by atoms with van der Waals surface area (Å²) in [5.74, 6) is -12.8. The third-order valence-electron chi connectivity index (χ3n) is 7.29. The van der Waals surface area contributed by atoms with Crippen LogP contribution in [0.1, 0.15) is 79.0 Å². The van der Waals surface area contributed by atoms with Crippen LogP contribution >= 0.6 is 0 Å². The zero-order valence-corrected chi connectivity index (χ0v) is 29.0. The van der Waals surface area contributed by atoms with Crippen LogP contribution in [-0.4, -0.2) is 13.0 Å². The Morgan fingerprint density at radius 3 is 0.870 bits per heavy atom. The smallest absolute Gasteiger partial charge is 0.200 e. The van der Waals surface area contributed by atoms with Crippen molar-refractivity contribution in [3.63, 3.8) is 0 Å². The van der Waals surface area contributed by atoms with E-state index >= 15 is 0 Å². The molecule has 46 heavy (non-hydrogen) atoms. The molecule has 0 unspecified atom stereocenters. The predicted octanol–water partition coefficient (Wildman–Crippen LogP) is 9.96. The largest absolute Gasteiger partial charge is 0.744 e. The van der Waals surface area contributed by atoms with E-state index in [1.54, 1.807) is 0 Å². The summed E-state index contributed by atoms with van der Waals surface area (Å²) in [4.78, 5) is 1.75. The van der Waals surface area contributed by atoms with Crippen LogP contribution in [0.4, 0.5) is 22.0 Å². The maximum Gasteiger partial charge on any atom is 0.200 e. The van der Waals surface area contributed by atoms with Crippen molar-refractivity contribution in [1.29, 1.82) is 0 Å². The van der Waals surface area contributed by atoms with Gasteiger partial charge in [0.25, 0.3) is 0 Å². The molecule has 0 aliphatic heterocycles. The topological polar surface area (TPSA) is 57.2 Å². The molecule has 0 atom stereocenters. The highest BCUT2D eigenvalue weighted by Crippen LogP contribution is 2.35. The number of hydrogen-bond acceptors (Lipinski definition) is 3. The van der Waals surface area contributed by atoms with E-state index in [0.29, 0.717) is 0 Å². The van der Waals surface area contributed by atoms with Crippen molar-refractivity contribution in [2.24, 2.45) is 0 Å². The van der Waals surface area contributed by atoms with E-state index in [4.69, 9.17) is 0 Å². The van der Waals surface area contributed by atoms with E-state index < -0.39 is 44.1 Å². The lowest BCUT2D eigenvalue weighted by molar-refractivity contribution is 0.350. The van der Waals surface area contributed by atoms with Crippen molar-refractivity contribution in [1.82, 2.24) is 0 Å². The highest BCUT2D eigenvalue weighted by molar-refractivity contribution is 7.97. The first kappa shape index (κ1) is 37.2. The van der Waals surface area contributed by atoms with E-state index in [-0.39, 0.29) is 27.1 Å². The molecule has 3 nitrogen and oxygen atoms in total. The first-order valence-corrected chi connectivity index (χ1v) is 17.1. The second kappa shape index (κ2) is 13.5. The van der Waals surface area contributed by atoms with Crippen molar-refractivity contribution in [2.75, 3.05) is 0 Å². The van der Waals surface area contributed by atoms with Crippen molar-refractivity contribution in [2.45, 2.75) is 98.1 Å². The molecule has 0 bridgehead atoms. The Morgan fingerprint density at radius 2 is 0.674 bits per heavy atom. The van der Waals surface area contributed by atoms with Gasteiger partial charge in [-0.2, -0.15) is 0 Å². The standard InChI is InChI=1S/C30H39S.C6HF5O3S/c1-28(2,3)22-10-16-25(17-11-22)31(26-18-12-23(13-19-26)29(4,5)6)27-20-14-24(15-21-27)30(7,8)9;7-1-2(8)4(10)6(15(12,13)14)5(11)3(1)9/h10-21H,1-9H3;(H,12,13,14)/q+1;/p-1. The lowest BCUT2D eigenvalue weighted by Gasteiger charge is -2.21. The third-order valence-corrected chi connectivity index (χ3v) is 10.4. The molecular formula is C36H39F5O3S2. The van der Waals surface area contributed by atoms with Gasteiger partial charge in [0.05, 0.1) is 10.9 Å². The second-order valence-corrected chi connectivity index (χ2v) is 17.3. The quantitative estimate of drug-likeness (QED) is 0.0710. The van der Waals surface area contributed by atoms with E-state index in [1.165, 1.54) is 31.4 Å². The van der Waals surface area contributed by atoms with E-state index in [0.717, 1.165) is 0 Å². The number of rotatable bonds is 4. The molecule has 0 saturated heterocycles. The molecule has 0 heterocycles. The molecule has 0 radical (unpaired) electrons. The normalized spacial score (nSPS) is 12.6. The Kier molecular flexibility index (Phi) is 10.9. The van der Waals surface area contributed by atoms with Gasteiger partial charge in [0.2, 0.25) is 5.82 Å². The van der Waals surface area contributed by atoms with Gasteiger partial charge >= 0.3 is 0 Å². The number of halogens is 5. The van der Waals surface area contributed by atoms with Crippen LogP contribution in [0.5, 0.6) is 0 Å². The minimum atomic E-state index is -5.77. The number of benzene rings is 4. The van der Waals surface area contributed by atoms with Crippen molar-refractivity contribution < 1.29 is 34.9 Å². The fraction of sp³-hybridized carbons (Fsp3) is 0.333. The molecule has 0 aliphatic rings. The highest BCUT2D eigenvalue weighted by atomic mass is 32.2. The minimum Gasteiger partial charge on any atom is -0.744 e. The lowest BCUT2D eigenvalue weighted by Crippen LogP contribution is -2.13. The molecule has 0 amide bonds. The van der Waals surface area contributed by atoms with Gasteiger partial charge in [0.1, 0.15) is 15.0 Å². The molecule has 4 aromatic rings. The third kappa shape index (κ3) is 8.57. The Morgan fingerprint density at radius 1 is 0.457 bits per heavy atom. The van der Waals surface area contributed by atoms with E-state index in [9.17, 15) is 34.9 Å². The fourth-order valence-corrected chi connectivity index (χ4v) is 7.14.